The lowest BCUT2D eigenvalue weighted by Gasteiger charge is -2.42. The fourth-order valence-corrected chi connectivity index (χ4v) is 2.88. The minimum absolute atomic E-state index is 0.148. The van der Waals surface area contributed by atoms with E-state index < -0.39 is 0 Å². The second-order valence-corrected chi connectivity index (χ2v) is 4.76. The summed E-state index contributed by atoms with van der Waals surface area (Å²) in [4.78, 5) is 2.38. The van der Waals surface area contributed by atoms with Crippen LogP contribution < -0.4 is 0 Å². The van der Waals surface area contributed by atoms with E-state index in [1.54, 1.807) is 6.07 Å². The van der Waals surface area contributed by atoms with Gasteiger partial charge in [-0.3, -0.25) is 4.90 Å². The van der Waals surface area contributed by atoms with Gasteiger partial charge in [0.15, 0.2) is 0 Å². The van der Waals surface area contributed by atoms with Crippen LogP contribution in [0.3, 0.4) is 0 Å². The van der Waals surface area contributed by atoms with Crippen molar-refractivity contribution >= 4 is 0 Å². The molecule has 1 aromatic carbocycles. The smallest absolute Gasteiger partial charge is 0.115 e. The zero-order valence-corrected chi connectivity index (χ0v) is 9.52. The molecule has 0 bridgehead atoms. The van der Waals surface area contributed by atoms with E-state index in [9.17, 15) is 5.11 Å². The third-order valence-electron chi connectivity index (χ3n) is 3.80. The summed E-state index contributed by atoms with van der Waals surface area (Å²) >= 11 is 0. The molecule has 1 saturated heterocycles. The molecule has 0 aromatic heterocycles. The number of hydrogen-bond acceptors (Lipinski definition) is 3. The lowest BCUT2D eigenvalue weighted by Crippen LogP contribution is -2.46. The van der Waals surface area contributed by atoms with Crippen LogP contribution in [0, 0.1) is 0 Å². The lowest BCUT2D eigenvalue weighted by molar-refractivity contribution is -0.0707. The zero-order valence-electron chi connectivity index (χ0n) is 9.52. The highest BCUT2D eigenvalue weighted by atomic mass is 16.5. The molecule has 1 aromatic rings. The molecule has 0 amide bonds. The van der Waals surface area contributed by atoms with E-state index in [-0.39, 0.29) is 6.10 Å². The fraction of sp³-hybridized carbons (Fsp3) is 0.538. The maximum absolute atomic E-state index is 9.58. The Morgan fingerprint density at radius 2 is 2.31 bits per heavy atom. The number of fused-ring (bicyclic) bond motifs is 3. The largest absolute Gasteiger partial charge is 0.508 e. The van der Waals surface area contributed by atoms with Crippen LogP contribution in [0.1, 0.15) is 23.7 Å². The van der Waals surface area contributed by atoms with E-state index in [2.05, 4.69) is 11.9 Å². The summed E-state index contributed by atoms with van der Waals surface area (Å²) in [5.74, 6) is 0.344. The maximum atomic E-state index is 9.58. The van der Waals surface area contributed by atoms with Crippen molar-refractivity contribution in [1.29, 1.82) is 0 Å². The topological polar surface area (TPSA) is 32.7 Å². The Bertz CT molecular complexity index is 405. The number of rotatable bonds is 0. The molecule has 3 nitrogen and oxygen atoms in total. The normalized spacial score (nSPS) is 29.6. The second kappa shape index (κ2) is 3.75. The number of phenolic OH excluding ortho intramolecular Hbond substituents is 1. The number of ether oxygens (including phenoxy) is 1. The van der Waals surface area contributed by atoms with Gasteiger partial charge in [0.25, 0.3) is 0 Å². The lowest BCUT2D eigenvalue weighted by atomic mass is 9.84. The van der Waals surface area contributed by atoms with Crippen LogP contribution >= 0.6 is 0 Å². The molecule has 2 atom stereocenters. The van der Waals surface area contributed by atoms with Gasteiger partial charge in [0, 0.05) is 12.6 Å². The Kier molecular flexibility index (Phi) is 2.37. The van der Waals surface area contributed by atoms with Gasteiger partial charge in [-0.15, -0.1) is 0 Å². The highest BCUT2D eigenvalue weighted by Gasteiger charge is 2.35. The molecule has 1 unspecified atom stereocenters. The predicted octanol–water partition coefficient (Wildman–Crippen LogP) is 1.71. The van der Waals surface area contributed by atoms with Gasteiger partial charge in [-0.05, 0) is 43.1 Å². The van der Waals surface area contributed by atoms with Gasteiger partial charge in [0.2, 0.25) is 0 Å². The molecular formula is C13H17NO2. The molecule has 0 saturated carbocycles. The predicted molar refractivity (Wildman–Crippen MR) is 61.5 cm³/mol. The van der Waals surface area contributed by atoms with Gasteiger partial charge in [0.1, 0.15) is 5.75 Å². The van der Waals surface area contributed by atoms with E-state index in [0.717, 1.165) is 26.0 Å². The Balaban J connectivity index is 2.01. The molecule has 1 heterocycles. The SMILES string of the molecule is CN1CCOC2c3cc(O)ccc3CC[C@H]21. The number of phenols is 1. The number of aryl methyl sites for hydroxylation is 1. The van der Waals surface area contributed by atoms with E-state index in [4.69, 9.17) is 4.74 Å². The van der Waals surface area contributed by atoms with Gasteiger partial charge in [0.05, 0.1) is 12.7 Å². The molecule has 1 N–H and O–H groups in total. The first-order valence-electron chi connectivity index (χ1n) is 5.89. The average Bonchev–Trinajstić information content (AvgIpc) is 2.29. The summed E-state index contributed by atoms with van der Waals surface area (Å²) < 4.78 is 5.88. The molecule has 86 valence electrons. The Morgan fingerprint density at radius 3 is 3.19 bits per heavy atom. The summed E-state index contributed by atoms with van der Waals surface area (Å²) in [6, 6.07) is 6.14. The van der Waals surface area contributed by atoms with E-state index in [0.29, 0.717) is 11.8 Å². The minimum atomic E-state index is 0.148. The van der Waals surface area contributed by atoms with Crippen LogP contribution in [0.15, 0.2) is 18.2 Å². The molecule has 1 aliphatic carbocycles. The third kappa shape index (κ3) is 1.51. The molecule has 3 rings (SSSR count). The van der Waals surface area contributed by atoms with Crippen molar-refractivity contribution in [1.82, 2.24) is 4.90 Å². The molecule has 1 fully saturated rings. The Labute approximate surface area is 95.6 Å². The molecule has 0 radical (unpaired) electrons. The first-order chi connectivity index (χ1) is 7.75. The van der Waals surface area contributed by atoms with Gasteiger partial charge >= 0.3 is 0 Å². The fourth-order valence-electron chi connectivity index (χ4n) is 2.88. The van der Waals surface area contributed by atoms with E-state index in [1.807, 2.05) is 12.1 Å². The number of hydrogen-bond donors (Lipinski definition) is 1. The van der Waals surface area contributed by atoms with Gasteiger partial charge in [-0.25, -0.2) is 0 Å². The van der Waals surface area contributed by atoms with Crippen molar-refractivity contribution < 1.29 is 9.84 Å². The summed E-state index contributed by atoms with van der Waals surface area (Å²) in [6.07, 6.45) is 2.39. The van der Waals surface area contributed by atoms with Crippen molar-refractivity contribution in [2.24, 2.45) is 0 Å². The van der Waals surface area contributed by atoms with Crippen molar-refractivity contribution in [2.45, 2.75) is 25.0 Å². The van der Waals surface area contributed by atoms with E-state index in [1.165, 1.54) is 11.1 Å². The van der Waals surface area contributed by atoms with Crippen molar-refractivity contribution in [3.63, 3.8) is 0 Å². The van der Waals surface area contributed by atoms with Crippen LogP contribution in [0.4, 0.5) is 0 Å². The van der Waals surface area contributed by atoms with E-state index >= 15 is 0 Å². The number of aromatic hydroxyl groups is 1. The first-order valence-corrected chi connectivity index (χ1v) is 5.89. The monoisotopic (exact) mass is 219 g/mol. The summed E-state index contributed by atoms with van der Waals surface area (Å²) in [5.41, 5.74) is 2.51. The zero-order chi connectivity index (χ0) is 11.1. The minimum Gasteiger partial charge on any atom is -0.508 e. The summed E-state index contributed by atoms with van der Waals surface area (Å²) in [7, 11) is 2.16. The molecule has 3 heteroatoms. The highest BCUT2D eigenvalue weighted by molar-refractivity contribution is 5.39. The summed E-state index contributed by atoms with van der Waals surface area (Å²) in [6.45, 7) is 1.79. The standard InChI is InChI=1S/C13H17NO2/c1-14-6-7-16-13-11-8-10(15)4-2-9(11)3-5-12(13)14/h2,4,8,12-13,15H,3,5-7H2,1H3/t12-,13?/m1/s1. The van der Waals surface area contributed by atoms with Crippen molar-refractivity contribution in [2.75, 3.05) is 20.2 Å². The molecule has 16 heavy (non-hydrogen) atoms. The van der Waals surface area contributed by atoms with Crippen molar-refractivity contribution in [3.05, 3.63) is 29.3 Å². The highest BCUT2D eigenvalue weighted by Crippen LogP contribution is 2.38. The Morgan fingerprint density at radius 1 is 1.44 bits per heavy atom. The molecule has 2 aliphatic rings. The van der Waals surface area contributed by atoms with Crippen LogP contribution in [0.25, 0.3) is 0 Å². The van der Waals surface area contributed by atoms with Crippen LogP contribution in [-0.4, -0.2) is 36.2 Å². The van der Waals surface area contributed by atoms with Crippen molar-refractivity contribution in [3.8, 4) is 5.75 Å². The van der Waals surface area contributed by atoms with Crippen LogP contribution in [0.2, 0.25) is 0 Å². The second-order valence-electron chi connectivity index (χ2n) is 4.76. The molecular weight excluding hydrogens is 202 g/mol. The number of likely N-dealkylation sites (N-methyl/N-ethyl adjacent to an activating group) is 1. The van der Waals surface area contributed by atoms with Gasteiger partial charge in [-0.2, -0.15) is 0 Å². The first kappa shape index (κ1) is 10.1. The van der Waals surface area contributed by atoms with Crippen LogP contribution in [-0.2, 0) is 11.2 Å². The number of benzene rings is 1. The average molecular weight is 219 g/mol. The van der Waals surface area contributed by atoms with Gasteiger partial charge in [-0.1, -0.05) is 6.07 Å². The van der Waals surface area contributed by atoms with Crippen LogP contribution in [0.5, 0.6) is 5.75 Å². The Hall–Kier alpha value is -1.06. The summed E-state index contributed by atoms with van der Waals surface area (Å²) in [5, 5.41) is 9.58. The number of morpholine rings is 1. The molecule has 1 aliphatic heterocycles. The third-order valence-corrected chi connectivity index (χ3v) is 3.80. The number of nitrogens with zero attached hydrogens (tertiary/aromatic N) is 1. The maximum Gasteiger partial charge on any atom is 0.115 e. The quantitative estimate of drug-likeness (QED) is 0.721. The molecule has 0 spiro atoms. The van der Waals surface area contributed by atoms with Gasteiger partial charge < -0.3 is 9.84 Å².